The summed E-state index contributed by atoms with van der Waals surface area (Å²) in [6, 6.07) is 18.7. The average Bonchev–Trinajstić information content (AvgIpc) is 4.09. The molecule has 4 aromatic heterocycles. The predicted octanol–water partition coefficient (Wildman–Crippen LogP) is 9.03. The van der Waals surface area contributed by atoms with E-state index in [2.05, 4.69) is 51.0 Å². The molecule has 0 aliphatic carbocycles. The van der Waals surface area contributed by atoms with E-state index in [-0.39, 0.29) is 34.8 Å². The fourth-order valence-corrected chi connectivity index (χ4v) is 8.29. The number of hydrogen-bond donors (Lipinski definition) is 2. The lowest BCUT2D eigenvalue weighted by molar-refractivity contribution is 0.410. The van der Waals surface area contributed by atoms with Gasteiger partial charge >= 0.3 is 0 Å². The molecule has 16 nitrogen and oxygen atoms in total. The van der Waals surface area contributed by atoms with Gasteiger partial charge in [0.2, 0.25) is 11.9 Å². The van der Waals surface area contributed by atoms with Gasteiger partial charge in [0.05, 0.1) is 25.6 Å². The molecule has 4 aromatic carbocycles. The Morgan fingerprint density at radius 1 is 0.545 bits per heavy atom. The molecular formula is C46H46F4N14O2. The lowest BCUT2D eigenvalue weighted by Gasteiger charge is -2.14. The summed E-state index contributed by atoms with van der Waals surface area (Å²) in [4.78, 5) is 17.5. The van der Waals surface area contributed by atoms with Crippen molar-refractivity contribution in [3.05, 3.63) is 143 Å². The third-order valence-electron chi connectivity index (χ3n) is 11.5. The Kier molecular flexibility index (Phi) is 12.4. The van der Waals surface area contributed by atoms with Gasteiger partial charge in [-0.15, -0.1) is 10.2 Å². The Labute approximate surface area is 376 Å². The molecule has 0 spiro atoms. The van der Waals surface area contributed by atoms with Crippen molar-refractivity contribution in [1.82, 2.24) is 59.1 Å². The van der Waals surface area contributed by atoms with Crippen LogP contribution in [0, 0.1) is 37.1 Å². The molecule has 0 saturated carbocycles. The molecule has 2 N–H and O–H groups in total. The summed E-state index contributed by atoms with van der Waals surface area (Å²) in [5.74, 6) is 2.58. The number of anilines is 4. The number of halogens is 4. The first kappa shape index (κ1) is 43.6. The number of benzene rings is 4. The smallest absolute Gasteiger partial charge is 0.246 e. The number of aromatic nitrogens is 12. The molecule has 0 amide bonds. The van der Waals surface area contributed by atoms with Crippen LogP contribution in [-0.2, 0) is 13.1 Å². The molecule has 2 aliphatic rings. The third-order valence-corrected chi connectivity index (χ3v) is 11.5. The van der Waals surface area contributed by atoms with Gasteiger partial charge in [0, 0.05) is 49.2 Å². The summed E-state index contributed by atoms with van der Waals surface area (Å²) in [5, 5.41) is 23.6. The first-order valence-corrected chi connectivity index (χ1v) is 21.5. The Hall–Kier alpha value is -7.64. The monoisotopic (exact) mass is 902 g/mol. The van der Waals surface area contributed by atoms with Gasteiger partial charge in [-0.1, -0.05) is 37.1 Å². The van der Waals surface area contributed by atoms with Crippen molar-refractivity contribution < 1.29 is 27.0 Å². The average molecular weight is 903 g/mol. The van der Waals surface area contributed by atoms with Crippen molar-refractivity contribution >= 4 is 23.3 Å². The van der Waals surface area contributed by atoms with Gasteiger partial charge < -0.3 is 20.1 Å². The molecule has 0 bridgehead atoms. The van der Waals surface area contributed by atoms with Gasteiger partial charge in [0.25, 0.3) is 0 Å². The molecule has 66 heavy (non-hydrogen) atoms. The Balaban J connectivity index is 0.000000166. The van der Waals surface area contributed by atoms with E-state index in [1.165, 1.54) is 72.6 Å². The number of fused-ring (bicyclic) bond motifs is 2. The highest BCUT2D eigenvalue weighted by molar-refractivity contribution is 5.64. The normalized spacial score (nSPS) is 15.7. The first-order chi connectivity index (χ1) is 32.0. The van der Waals surface area contributed by atoms with E-state index in [9.17, 15) is 17.6 Å². The molecule has 20 heteroatoms. The van der Waals surface area contributed by atoms with Gasteiger partial charge in [0.1, 0.15) is 82.1 Å². The number of rotatable bonds is 10. The quantitative estimate of drug-likeness (QED) is 0.125. The number of hydrogen-bond acceptors (Lipinski definition) is 12. The highest BCUT2D eigenvalue weighted by atomic mass is 19.1. The van der Waals surface area contributed by atoms with Crippen LogP contribution in [0.3, 0.4) is 0 Å². The van der Waals surface area contributed by atoms with Crippen molar-refractivity contribution in [2.75, 3.05) is 24.9 Å². The number of nitrogens with zero attached hydrogens (tertiary/aromatic N) is 12. The maximum atomic E-state index is 15.0. The molecule has 6 heterocycles. The third kappa shape index (κ3) is 9.29. The van der Waals surface area contributed by atoms with Gasteiger partial charge in [-0.25, -0.2) is 46.3 Å². The van der Waals surface area contributed by atoms with Crippen LogP contribution in [0.2, 0.25) is 0 Å². The second-order valence-electron chi connectivity index (χ2n) is 16.0. The van der Waals surface area contributed by atoms with E-state index >= 15 is 0 Å². The number of methoxy groups -OCH3 is 2. The molecule has 2 atom stereocenters. The summed E-state index contributed by atoms with van der Waals surface area (Å²) in [6.45, 7) is 4.95. The van der Waals surface area contributed by atoms with Crippen LogP contribution in [0.4, 0.5) is 40.8 Å². The summed E-state index contributed by atoms with van der Waals surface area (Å²) in [6.07, 6.45) is 8.74. The highest BCUT2D eigenvalue weighted by Gasteiger charge is 2.27. The lowest BCUT2D eigenvalue weighted by Crippen LogP contribution is -2.08. The minimum absolute atomic E-state index is 0.00605. The SMILES string of the molecule is COc1cc(Nc2nc3n(n2)CCCC[C@@H]3c2ccc(F)cc2)c(F)cc1-n1cnc(C)n1.COc1cc(Nc2nc3n(n2)CCCC[C@H]3c2ccc(F)cc2)c(F)cc1-n1cnc(C)n1. The molecule has 0 unspecified atom stereocenters. The molecule has 0 fully saturated rings. The summed E-state index contributed by atoms with van der Waals surface area (Å²) >= 11 is 0. The van der Waals surface area contributed by atoms with Crippen molar-refractivity contribution in [3.63, 3.8) is 0 Å². The van der Waals surface area contributed by atoms with Gasteiger partial charge in [-0.2, -0.15) is 20.2 Å². The minimum Gasteiger partial charge on any atom is -0.494 e. The standard InChI is InChI=1S/2C23H23F2N7O/c2*1-14-26-13-32(29-14)20-11-18(25)19(12-21(20)33-2)27-23-28-22-17(5-3-4-10-31(22)30-23)15-6-8-16(24)9-7-15/h2*6-9,11-13,17H,3-5,10H2,1-2H3,(H,27,30)/t2*17-/m10/s1. The number of ether oxygens (including phenoxy) is 2. The van der Waals surface area contributed by atoms with E-state index in [1.54, 1.807) is 50.2 Å². The van der Waals surface area contributed by atoms with Crippen LogP contribution in [-0.4, -0.2) is 73.3 Å². The molecule has 2 aliphatic heterocycles. The van der Waals surface area contributed by atoms with Crippen molar-refractivity contribution in [1.29, 1.82) is 0 Å². The Bertz CT molecular complexity index is 2760. The zero-order valence-corrected chi connectivity index (χ0v) is 36.6. The van der Waals surface area contributed by atoms with Gasteiger partial charge in [-0.05, 0) is 74.9 Å². The Morgan fingerprint density at radius 2 is 0.955 bits per heavy atom. The molecule has 8 aromatic rings. The van der Waals surface area contributed by atoms with Crippen molar-refractivity contribution in [2.24, 2.45) is 0 Å². The lowest BCUT2D eigenvalue weighted by atomic mass is 9.93. The van der Waals surface area contributed by atoms with Crippen LogP contribution in [0.5, 0.6) is 11.5 Å². The zero-order valence-electron chi connectivity index (χ0n) is 36.6. The maximum Gasteiger partial charge on any atom is 0.246 e. The van der Waals surface area contributed by atoms with E-state index < -0.39 is 11.6 Å². The maximum absolute atomic E-state index is 15.0. The first-order valence-electron chi connectivity index (χ1n) is 21.5. The van der Waals surface area contributed by atoms with Crippen LogP contribution in [0.25, 0.3) is 11.4 Å². The molecule has 0 radical (unpaired) electrons. The van der Waals surface area contributed by atoms with Crippen molar-refractivity contribution in [2.45, 2.75) is 77.3 Å². The molecular weight excluding hydrogens is 857 g/mol. The van der Waals surface area contributed by atoms with Crippen molar-refractivity contribution in [3.8, 4) is 22.9 Å². The highest BCUT2D eigenvalue weighted by Crippen LogP contribution is 2.36. The van der Waals surface area contributed by atoms with Crippen LogP contribution >= 0.6 is 0 Å². The van der Waals surface area contributed by atoms with Gasteiger partial charge in [0.15, 0.2) is 0 Å². The van der Waals surface area contributed by atoms with E-state index in [0.717, 1.165) is 74.4 Å². The van der Waals surface area contributed by atoms with E-state index in [4.69, 9.17) is 9.47 Å². The largest absolute Gasteiger partial charge is 0.494 e. The topological polar surface area (TPSA) is 165 Å². The predicted molar refractivity (Wildman–Crippen MR) is 236 cm³/mol. The summed E-state index contributed by atoms with van der Waals surface area (Å²) < 4.78 is 74.4. The second kappa shape index (κ2) is 18.8. The number of aryl methyl sites for hydroxylation is 4. The van der Waals surface area contributed by atoms with Gasteiger partial charge in [-0.3, -0.25) is 0 Å². The fourth-order valence-electron chi connectivity index (χ4n) is 8.29. The van der Waals surface area contributed by atoms with Crippen LogP contribution < -0.4 is 20.1 Å². The van der Waals surface area contributed by atoms with Crippen LogP contribution in [0.15, 0.2) is 85.5 Å². The second-order valence-corrected chi connectivity index (χ2v) is 16.0. The Morgan fingerprint density at radius 3 is 1.32 bits per heavy atom. The van der Waals surface area contributed by atoms with Crippen LogP contribution in [0.1, 0.15) is 84.8 Å². The molecule has 0 saturated heterocycles. The van der Waals surface area contributed by atoms with E-state index in [0.29, 0.717) is 46.4 Å². The van der Waals surface area contributed by atoms with E-state index in [1.807, 2.05) is 9.36 Å². The zero-order chi connectivity index (χ0) is 45.9. The fraction of sp³-hybridized carbons (Fsp3) is 0.304. The molecule has 340 valence electrons. The number of nitrogens with one attached hydrogen (secondary N) is 2. The molecule has 10 rings (SSSR count). The summed E-state index contributed by atoms with van der Waals surface area (Å²) in [7, 11) is 3.02. The minimum atomic E-state index is -0.501. The summed E-state index contributed by atoms with van der Waals surface area (Å²) in [5.41, 5.74) is 3.22.